The molecule has 1 aliphatic rings. The van der Waals surface area contributed by atoms with Crippen molar-refractivity contribution in [2.24, 2.45) is 0 Å². The summed E-state index contributed by atoms with van der Waals surface area (Å²) in [7, 11) is 0. The number of urea groups is 1. The van der Waals surface area contributed by atoms with Gasteiger partial charge < -0.3 is 10.6 Å². The second-order valence-corrected chi connectivity index (χ2v) is 7.96. The van der Waals surface area contributed by atoms with Crippen LogP contribution in [0.25, 0.3) is 0 Å². The molecule has 0 bridgehead atoms. The summed E-state index contributed by atoms with van der Waals surface area (Å²) in [6.07, 6.45) is 0. The first-order valence-electron chi connectivity index (χ1n) is 9.67. The highest BCUT2D eigenvalue weighted by molar-refractivity contribution is 7.99. The maximum absolute atomic E-state index is 13.3. The quantitative estimate of drug-likeness (QED) is 0.374. The number of hydrogen-bond donors (Lipinski definition) is 2. The number of hydrogen-bond acceptors (Lipinski definition) is 3. The van der Waals surface area contributed by atoms with Gasteiger partial charge in [-0.2, -0.15) is 0 Å². The minimum Gasteiger partial charge on any atom is -0.356 e. The number of anilines is 5. The molecule has 0 atom stereocenters. The monoisotopic (exact) mass is 409 g/mol. The minimum atomic E-state index is -0.182. The first-order valence-corrected chi connectivity index (χ1v) is 10.5. The molecule has 0 saturated carbocycles. The van der Waals surface area contributed by atoms with Gasteiger partial charge in [-0.05, 0) is 60.7 Å². The van der Waals surface area contributed by atoms with Gasteiger partial charge in [-0.1, -0.05) is 54.2 Å². The van der Waals surface area contributed by atoms with Crippen molar-refractivity contribution in [1.29, 1.82) is 0 Å². The Morgan fingerprint density at radius 1 is 0.600 bits per heavy atom. The van der Waals surface area contributed by atoms with Crippen molar-refractivity contribution in [2.75, 3.05) is 15.5 Å². The van der Waals surface area contributed by atoms with E-state index in [4.69, 9.17) is 0 Å². The van der Waals surface area contributed by atoms with E-state index < -0.39 is 0 Å². The third-order valence-corrected chi connectivity index (χ3v) is 5.96. The number of para-hydroxylation sites is 3. The Morgan fingerprint density at radius 2 is 1.10 bits per heavy atom. The summed E-state index contributed by atoms with van der Waals surface area (Å²) in [6.45, 7) is 0. The zero-order valence-corrected chi connectivity index (χ0v) is 16.9. The maximum Gasteiger partial charge on any atom is 0.331 e. The van der Waals surface area contributed by atoms with Crippen LogP contribution in [0.4, 0.5) is 33.2 Å². The molecule has 2 N–H and O–H groups in total. The average Bonchev–Trinajstić information content (AvgIpc) is 2.79. The van der Waals surface area contributed by atoms with Crippen molar-refractivity contribution < 1.29 is 4.79 Å². The fourth-order valence-electron chi connectivity index (χ4n) is 3.43. The van der Waals surface area contributed by atoms with Gasteiger partial charge >= 0.3 is 6.03 Å². The molecule has 5 rings (SSSR count). The summed E-state index contributed by atoms with van der Waals surface area (Å²) in [6, 6.07) is 33.5. The van der Waals surface area contributed by atoms with Crippen LogP contribution in [0.5, 0.6) is 0 Å². The van der Waals surface area contributed by atoms with Gasteiger partial charge in [0.1, 0.15) is 0 Å². The number of rotatable bonds is 3. The Hall–Kier alpha value is -3.70. The Morgan fingerprint density at radius 3 is 1.73 bits per heavy atom. The van der Waals surface area contributed by atoms with Gasteiger partial charge in [0.15, 0.2) is 0 Å². The number of fused-ring (bicyclic) bond motifs is 2. The standard InChI is InChI=1S/C25H19N3OS/c29-25(27-20-16-14-19(15-17-20)26-18-8-2-1-3-9-18)28-21-10-4-6-12-23(21)30-24-13-7-5-11-22(24)28/h1-17,26H,(H,27,29). The van der Waals surface area contributed by atoms with E-state index in [0.717, 1.165) is 38.2 Å². The van der Waals surface area contributed by atoms with E-state index in [9.17, 15) is 4.79 Å². The molecule has 0 unspecified atom stereocenters. The summed E-state index contributed by atoms with van der Waals surface area (Å²) in [5.74, 6) is 0. The largest absolute Gasteiger partial charge is 0.356 e. The number of benzene rings is 4. The Labute approximate surface area is 179 Å². The van der Waals surface area contributed by atoms with E-state index in [-0.39, 0.29) is 6.03 Å². The summed E-state index contributed by atoms with van der Waals surface area (Å²) < 4.78 is 0. The Bertz CT molecular complexity index is 1150. The van der Waals surface area contributed by atoms with E-state index >= 15 is 0 Å². The molecule has 4 nitrogen and oxygen atoms in total. The molecule has 0 radical (unpaired) electrons. The molecule has 1 heterocycles. The lowest BCUT2D eigenvalue weighted by atomic mass is 10.2. The normalized spacial score (nSPS) is 11.9. The third kappa shape index (κ3) is 3.63. The number of nitrogens with one attached hydrogen (secondary N) is 2. The van der Waals surface area contributed by atoms with Crippen LogP contribution in [0.2, 0.25) is 0 Å². The van der Waals surface area contributed by atoms with Crippen molar-refractivity contribution in [1.82, 2.24) is 0 Å². The third-order valence-electron chi connectivity index (χ3n) is 4.83. The molecular formula is C25H19N3OS. The average molecular weight is 410 g/mol. The fraction of sp³-hybridized carbons (Fsp3) is 0. The molecule has 0 spiro atoms. The minimum absolute atomic E-state index is 0.182. The zero-order valence-electron chi connectivity index (χ0n) is 16.1. The molecule has 146 valence electrons. The van der Waals surface area contributed by atoms with E-state index in [2.05, 4.69) is 10.6 Å². The summed E-state index contributed by atoms with van der Waals surface area (Å²) >= 11 is 1.68. The van der Waals surface area contributed by atoms with Gasteiger partial charge in [-0.15, -0.1) is 0 Å². The lowest BCUT2D eigenvalue weighted by Crippen LogP contribution is -2.32. The van der Waals surface area contributed by atoms with Crippen molar-refractivity contribution in [3.63, 3.8) is 0 Å². The van der Waals surface area contributed by atoms with E-state index in [1.165, 1.54) is 0 Å². The Balaban J connectivity index is 1.38. The number of carbonyl (C=O) groups is 1. The first-order chi connectivity index (χ1) is 14.8. The van der Waals surface area contributed by atoms with Crippen molar-refractivity contribution in [3.8, 4) is 0 Å². The van der Waals surface area contributed by atoms with Crippen molar-refractivity contribution in [3.05, 3.63) is 103 Å². The predicted octanol–water partition coefficient (Wildman–Crippen LogP) is 7.27. The van der Waals surface area contributed by atoms with Gasteiger partial charge in [-0.25, -0.2) is 4.79 Å². The van der Waals surface area contributed by atoms with Crippen LogP contribution in [-0.4, -0.2) is 6.03 Å². The Kier molecular flexibility index (Phi) is 4.87. The predicted molar refractivity (Wildman–Crippen MR) is 124 cm³/mol. The lowest BCUT2D eigenvalue weighted by Gasteiger charge is -2.31. The molecule has 1 aliphatic heterocycles. The van der Waals surface area contributed by atoms with Crippen LogP contribution < -0.4 is 15.5 Å². The van der Waals surface area contributed by atoms with Gasteiger partial charge in [0.05, 0.1) is 11.4 Å². The van der Waals surface area contributed by atoms with Gasteiger partial charge in [0, 0.05) is 26.9 Å². The summed E-state index contributed by atoms with van der Waals surface area (Å²) in [5.41, 5.74) is 4.51. The van der Waals surface area contributed by atoms with Crippen molar-refractivity contribution >= 4 is 46.2 Å². The summed E-state index contributed by atoms with van der Waals surface area (Å²) in [5, 5.41) is 6.38. The molecule has 4 aromatic rings. The second kappa shape index (κ2) is 7.97. The fourth-order valence-corrected chi connectivity index (χ4v) is 4.49. The summed E-state index contributed by atoms with van der Waals surface area (Å²) in [4.78, 5) is 17.1. The van der Waals surface area contributed by atoms with Crippen LogP contribution in [0, 0.1) is 0 Å². The number of carbonyl (C=O) groups excluding carboxylic acids is 1. The number of amides is 2. The molecule has 30 heavy (non-hydrogen) atoms. The zero-order chi connectivity index (χ0) is 20.3. The van der Waals surface area contributed by atoms with Gasteiger partial charge in [0.2, 0.25) is 0 Å². The van der Waals surface area contributed by atoms with Crippen molar-refractivity contribution in [2.45, 2.75) is 9.79 Å². The van der Waals surface area contributed by atoms with Crippen LogP contribution in [0.3, 0.4) is 0 Å². The van der Waals surface area contributed by atoms with E-state index in [1.54, 1.807) is 16.7 Å². The van der Waals surface area contributed by atoms with Gasteiger partial charge in [0.25, 0.3) is 0 Å². The topological polar surface area (TPSA) is 44.4 Å². The SMILES string of the molecule is O=C(Nc1ccc(Nc2ccccc2)cc1)N1c2ccccc2Sc2ccccc21. The highest BCUT2D eigenvalue weighted by atomic mass is 32.2. The highest BCUT2D eigenvalue weighted by Gasteiger charge is 2.27. The highest BCUT2D eigenvalue weighted by Crippen LogP contribution is 2.48. The van der Waals surface area contributed by atoms with E-state index in [0.29, 0.717) is 0 Å². The smallest absolute Gasteiger partial charge is 0.331 e. The molecule has 0 aliphatic carbocycles. The molecule has 5 heteroatoms. The maximum atomic E-state index is 13.3. The first kappa shape index (κ1) is 18.3. The molecule has 0 fully saturated rings. The second-order valence-electron chi connectivity index (χ2n) is 6.87. The van der Waals surface area contributed by atoms with Crippen LogP contribution in [0.15, 0.2) is 113 Å². The van der Waals surface area contributed by atoms with E-state index in [1.807, 2.05) is 103 Å². The molecule has 4 aromatic carbocycles. The van der Waals surface area contributed by atoms with Gasteiger partial charge in [-0.3, -0.25) is 4.90 Å². The molecule has 2 amide bonds. The molecule has 0 saturated heterocycles. The van der Waals surface area contributed by atoms with Crippen LogP contribution >= 0.6 is 11.8 Å². The molecular weight excluding hydrogens is 390 g/mol. The van der Waals surface area contributed by atoms with Crippen LogP contribution in [-0.2, 0) is 0 Å². The molecule has 0 aromatic heterocycles. The van der Waals surface area contributed by atoms with Crippen LogP contribution in [0.1, 0.15) is 0 Å². The lowest BCUT2D eigenvalue weighted by molar-refractivity contribution is 0.259. The number of nitrogens with zero attached hydrogens (tertiary/aromatic N) is 1.